The van der Waals surface area contributed by atoms with Crippen molar-refractivity contribution in [3.63, 3.8) is 0 Å². The number of imidazole rings is 1. The van der Waals surface area contributed by atoms with Gasteiger partial charge in [-0.15, -0.1) is 0 Å². The molecule has 5 nitrogen and oxygen atoms in total. The van der Waals surface area contributed by atoms with E-state index in [-0.39, 0.29) is 5.56 Å². The second kappa shape index (κ2) is 5.61. The molecule has 2 aromatic heterocycles. The molecule has 0 saturated carbocycles. The summed E-state index contributed by atoms with van der Waals surface area (Å²) in [5.41, 5.74) is 0.390. The van der Waals surface area contributed by atoms with Crippen molar-refractivity contribution in [1.82, 2.24) is 19.6 Å². The fourth-order valence-electron chi connectivity index (χ4n) is 1.89. The van der Waals surface area contributed by atoms with E-state index in [0.717, 1.165) is 18.7 Å². The van der Waals surface area contributed by atoms with Crippen molar-refractivity contribution in [3.8, 4) is 0 Å². The predicted molar refractivity (Wildman–Crippen MR) is 66.1 cm³/mol. The van der Waals surface area contributed by atoms with Gasteiger partial charge in [-0.05, 0) is 6.42 Å². The van der Waals surface area contributed by atoms with Crippen LogP contribution in [0.3, 0.4) is 0 Å². The Bertz CT molecular complexity index is 529. The quantitative estimate of drug-likeness (QED) is 0.777. The lowest BCUT2D eigenvalue weighted by Crippen LogP contribution is -2.15. The lowest BCUT2D eigenvalue weighted by Gasteiger charge is -2.01. The number of aromatic nitrogens is 4. The summed E-state index contributed by atoms with van der Waals surface area (Å²) in [4.78, 5) is 18.3. The minimum Gasteiger partial charge on any atom is -0.307 e. The first-order valence-electron chi connectivity index (χ1n) is 6.23. The third-order valence-corrected chi connectivity index (χ3v) is 2.86. The van der Waals surface area contributed by atoms with Crippen LogP contribution in [0.2, 0.25) is 0 Å². The van der Waals surface area contributed by atoms with Crippen molar-refractivity contribution in [2.45, 2.75) is 45.4 Å². The molecule has 0 aromatic carbocycles. The molecule has 0 radical (unpaired) electrons. The molecular weight excluding hydrogens is 216 g/mol. The van der Waals surface area contributed by atoms with E-state index in [1.165, 1.54) is 31.9 Å². The van der Waals surface area contributed by atoms with Crippen molar-refractivity contribution in [1.29, 1.82) is 0 Å². The molecule has 0 fully saturated rings. The summed E-state index contributed by atoms with van der Waals surface area (Å²) < 4.78 is 1.54. The van der Waals surface area contributed by atoms with Crippen molar-refractivity contribution >= 4 is 5.52 Å². The van der Waals surface area contributed by atoms with Gasteiger partial charge in [0.2, 0.25) is 0 Å². The van der Waals surface area contributed by atoms with Crippen LogP contribution in [-0.2, 0) is 6.42 Å². The zero-order chi connectivity index (χ0) is 12.1. The highest BCUT2D eigenvalue weighted by Gasteiger charge is 2.03. The average Bonchev–Trinajstić information content (AvgIpc) is 2.77. The van der Waals surface area contributed by atoms with Gasteiger partial charge in [-0.1, -0.05) is 32.6 Å². The van der Waals surface area contributed by atoms with E-state index < -0.39 is 0 Å². The van der Waals surface area contributed by atoms with E-state index >= 15 is 0 Å². The molecule has 0 amide bonds. The van der Waals surface area contributed by atoms with Gasteiger partial charge in [0.1, 0.15) is 17.7 Å². The molecule has 0 aliphatic rings. The number of nitrogens with zero attached hydrogens (tertiary/aromatic N) is 3. The molecular formula is C12H18N4O. The predicted octanol–water partition coefficient (Wildman–Crippen LogP) is 1.93. The lowest BCUT2D eigenvalue weighted by molar-refractivity contribution is 0.615. The van der Waals surface area contributed by atoms with Crippen LogP contribution in [0.25, 0.3) is 5.52 Å². The second-order valence-electron chi connectivity index (χ2n) is 4.29. The number of fused-ring (bicyclic) bond motifs is 1. The third-order valence-electron chi connectivity index (χ3n) is 2.86. The molecule has 0 unspecified atom stereocenters. The first kappa shape index (κ1) is 11.8. The Morgan fingerprint density at radius 2 is 2.12 bits per heavy atom. The molecule has 92 valence electrons. The highest BCUT2D eigenvalue weighted by molar-refractivity contribution is 5.39. The van der Waals surface area contributed by atoms with Crippen molar-refractivity contribution in [3.05, 3.63) is 28.7 Å². The summed E-state index contributed by atoms with van der Waals surface area (Å²) >= 11 is 0. The molecule has 0 aliphatic heterocycles. The smallest absolute Gasteiger partial charge is 0.276 e. The molecule has 0 bridgehead atoms. The maximum absolute atomic E-state index is 11.6. The van der Waals surface area contributed by atoms with Gasteiger partial charge in [-0.2, -0.15) is 5.10 Å². The van der Waals surface area contributed by atoms with Crippen LogP contribution >= 0.6 is 0 Å². The van der Waals surface area contributed by atoms with Gasteiger partial charge in [0, 0.05) is 6.42 Å². The molecule has 2 aromatic rings. The van der Waals surface area contributed by atoms with Crippen LogP contribution in [-0.4, -0.2) is 19.6 Å². The lowest BCUT2D eigenvalue weighted by atomic mass is 10.1. The number of unbranched alkanes of at least 4 members (excludes halogenated alkanes) is 4. The highest BCUT2D eigenvalue weighted by atomic mass is 16.1. The monoisotopic (exact) mass is 234 g/mol. The largest absolute Gasteiger partial charge is 0.307 e. The molecule has 0 aliphatic carbocycles. The van der Waals surface area contributed by atoms with Crippen LogP contribution < -0.4 is 5.56 Å². The van der Waals surface area contributed by atoms with Crippen LogP contribution in [0.15, 0.2) is 17.3 Å². The molecule has 5 heteroatoms. The maximum Gasteiger partial charge on any atom is 0.276 e. The van der Waals surface area contributed by atoms with E-state index in [1.54, 1.807) is 10.8 Å². The molecule has 0 atom stereocenters. The first-order chi connectivity index (χ1) is 8.31. The Hall–Kier alpha value is -1.65. The van der Waals surface area contributed by atoms with E-state index in [1.807, 2.05) is 0 Å². The van der Waals surface area contributed by atoms with Crippen LogP contribution in [0.4, 0.5) is 0 Å². The maximum atomic E-state index is 11.6. The number of nitrogens with one attached hydrogen (secondary N) is 1. The Balaban J connectivity index is 1.97. The highest BCUT2D eigenvalue weighted by Crippen LogP contribution is 2.05. The molecule has 17 heavy (non-hydrogen) atoms. The molecule has 1 N–H and O–H groups in total. The first-order valence-corrected chi connectivity index (χ1v) is 6.23. The zero-order valence-electron chi connectivity index (χ0n) is 10.1. The number of rotatable bonds is 6. The van der Waals surface area contributed by atoms with E-state index in [2.05, 4.69) is 22.0 Å². The number of aromatic amines is 1. The van der Waals surface area contributed by atoms with Crippen molar-refractivity contribution in [2.75, 3.05) is 0 Å². The summed E-state index contributed by atoms with van der Waals surface area (Å²) in [6.07, 6.45) is 9.96. The molecule has 2 rings (SSSR count). The molecule has 0 spiro atoms. The minimum absolute atomic E-state index is 0.110. The fraction of sp³-hybridized carbons (Fsp3) is 0.583. The topological polar surface area (TPSA) is 63.1 Å². The standard InChI is InChI=1S/C12H18N4O/c1-2-3-4-5-6-7-11-14-12(17)10-8-13-9-16(10)15-11/h8-9H,2-7H2,1H3,(H,14,15,17). The van der Waals surface area contributed by atoms with Gasteiger partial charge in [-0.25, -0.2) is 9.50 Å². The normalized spacial score (nSPS) is 11.1. The number of H-pyrrole nitrogens is 1. The summed E-state index contributed by atoms with van der Waals surface area (Å²) in [5, 5.41) is 4.31. The summed E-state index contributed by atoms with van der Waals surface area (Å²) in [6, 6.07) is 0. The Morgan fingerprint density at radius 3 is 2.94 bits per heavy atom. The van der Waals surface area contributed by atoms with Gasteiger partial charge in [-0.3, -0.25) is 4.79 Å². The van der Waals surface area contributed by atoms with E-state index in [4.69, 9.17) is 0 Å². The summed E-state index contributed by atoms with van der Waals surface area (Å²) in [6.45, 7) is 2.20. The fourth-order valence-corrected chi connectivity index (χ4v) is 1.89. The van der Waals surface area contributed by atoms with Crippen LogP contribution in [0.1, 0.15) is 44.9 Å². The number of aryl methyl sites for hydroxylation is 1. The van der Waals surface area contributed by atoms with Crippen molar-refractivity contribution < 1.29 is 0 Å². The van der Waals surface area contributed by atoms with Gasteiger partial charge >= 0.3 is 0 Å². The van der Waals surface area contributed by atoms with Crippen molar-refractivity contribution in [2.24, 2.45) is 0 Å². The summed E-state index contributed by atoms with van der Waals surface area (Å²) in [5.74, 6) is 0.747. The minimum atomic E-state index is -0.110. The molecule has 2 heterocycles. The second-order valence-corrected chi connectivity index (χ2v) is 4.29. The van der Waals surface area contributed by atoms with E-state index in [0.29, 0.717) is 5.52 Å². The van der Waals surface area contributed by atoms with Gasteiger partial charge < -0.3 is 4.98 Å². The van der Waals surface area contributed by atoms with Crippen LogP contribution in [0.5, 0.6) is 0 Å². The number of hydrogen-bond acceptors (Lipinski definition) is 3. The Labute approximate surface area is 99.9 Å². The van der Waals surface area contributed by atoms with Crippen LogP contribution in [0, 0.1) is 0 Å². The van der Waals surface area contributed by atoms with Gasteiger partial charge in [0.25, 0.3) is 5.56 Å². The van der Waals surface area contributed by atoms with E-state index in [9.17, 15) is 4.79 Å². The molecule has 0 saturated heterocycles. The van der Waals surface area contributed by atoms with Gasteiger partial charge in [0.05, 0.1) is 6.20 Å². The summed E-state index contributed by atoms with van der Waals surface area (Å²) in [7, 11) is 0. The number of hydrogen-bond donors (Lipinski definition) is 1. The Morgan fingerprint density at radius 1 is 1.29 bits per heavy atom. The third kappa shape index (κ3) is 2.93. The SMILES string of the molecule is CCCCCCCc1nn2cncc2c(=O)[nH]1. The Kier molecular flexibility index (Phi) is 3.90. The van der Waals surface area contributed by atoms with Gasteiger partial charge in [0.15, 0.2) is 0 Å². The average molecular weight is 234 g/mol. The zero-order valence-corrected chi connectivity index (χ0v) is 10.1.